The smallest absolute Gasteiger partial charge is 0.141 e. The van der Waals surface area contributed by atoms with Gasteiger partial charge in [0.1, 0.15) is 11.7 Å². The highest BCUT2D eigenvalue weighted by molar-refractivity contribution is 5.44. The third-order valence-electron chi connectivity index (χ3n) is 4.14. The maximum Gasteiger partial charge on any atom is 0.141 e. The highest BCUT2D eigenvalue weighted by atomic mass is 15.2. The minimum atomic E-state index is -0.189. The summed E-state index contributed by atoms with van der Waals surface area (Å²) in [7, 11) is 0. The number of hydrogen-bond donors (Lipinski definition) is 0. The summed E-state index contributed by atoms with van der Waals surface area (Å²) < 4.78 is 2.06. The van der Waals surface area contributed by atoms with Crippen LogP contribution in [0, 0.1) is 18.3 Å². The Morgan fingerprint density at radius 3 is 2.65 bits per heavy atom. The monoisotopic (exact) mass is 268 g/mol. The standard InChI is InChI=1S/C16H20N4/c1-13-16(20-11-7-4-8-15(20)18-13)14(12-17)19-9-5-2-3-6-10-19/h4,7-8,11,14H,2-3,5-6,9-10H2,1H3. The van der Waals surface area contributed by atoms with Crippen molar-refractivity contribution in [2.45, 2.75) is 38.6 Å². The van der Waals surface area contributed by atoms with Crippen molar-refractivity contribution in [3.63, 3.8) is 0 Å². The summed E-state index contributed by atoms with van der Waals surface area (Å²) in [5.74, 6) is 0. The fourth-order valence-electron chi connectivity index (χ4n) is 3.13. The first-order valence-corrected chi connectivity index (χ1v) is 7.38. The quantitative estimate of drug-likeness (QED) is 0.840. The lowest BCUT2D eigenvalue weighted by Gasteiger charge is -2.25. The number of hydrogen-bond acceptors (Lipinski definition) is 3. The van der Waals surface area contributed by atoms with E-state index in [1.54, 1.807) is 0 Å². The van der Waals surface area contributed by atoms with Gasteiger partial charge in [0.05, 0.1) is 17.5 Å². The van der Waals surface area contributed by atoms with E-state index in [0.717, 1.165) is 30.1 Å². The molecule has 0 radical (unpaired) electrons. The summed E-state index contributed by atoms with van der Waals surface area (Å²) >= 11 is 0. The Morgan fingerprint density at radius 1 is 1.20 bits per heavy atom. The van der Waals surface area contributed by atoms with Crippen LogP contribution >= 0.6 is 0 Å². The van der Waals surface area contributed by atoms with Gasteiger partial charge in [-0.2, -0.15) is 5.26 Å². The van der Waals surface area contributed by atoms with Gasteiger partial charge < -0.3 is 4.40 Å². The van der Waals surface area contributed by atoms with E-state index < -0.39 is 0 Å². The number of fused-ring (bicyclic) bond motifs is 1. The Kier molecular flexibility index (Phi) is 3.70. The zero-order valence-corrected chi connectivity index (χ0v) is 11.9. The van der Waals surface area contributed by atoms with Crippen molar-refractivity contribution in [3.8, 4) is 6.07 Å². The van der Waals surface area contributed by atoms with Crippen LogP contribution in [0.15, 0.2) is 24.4 Å². The molecule has 4 heteroatoms. The predicted octanol–water partition coefficient (Wildman–Crippen LogP) is 3.08. The van der Waals surface area contributed by atoms with Crippen molar-refractivity contribution in [2.75, 3.05) is 13.1 Å². The van der Waals surface area contributed by atoms with Crippen molar-refractivity contribution in [1.82, 2.24) is 14.3 Å². The Balaban J connectivity index is 2.02. The Bertz CT molecular complexity index is 629. The Labute approximate surface area is 119 Å². The summed E-state index contributed by atoms with van der Waals surface area (Å²) in [6.07, 6.45) is 6.94. The van der Waals surface area contributed by atoms with Gasteiger partial charge >= 0.3 is 0 Å². The molecule has 1 aliphatic heterocycles. The number of aromatic nitrogens is 2. The van der Waals surface area contributed by atoms with Crippen LogP contribution < -0.4 is 0 Å². The number of nitriles is 1. The van der Waals surface area contributed by atoms with E-state index in [4.69, 9.17) is 0 Å². The average molecular weight is 268 g/mol. The molecule has 0 spiro atoms. The molecule has 1 saturated heterocycles. The van der Waals surface area contributed by atoms with Gasteiger partial charge in [-0.3, -0.25) is 4.90 Å². The molecule has 3 rings (SSSR count). The second-order valence-electron chi connectivity index (χ2n) is 5.49. The van der Waals surface area contributed by atoms with Gasteiger partial charge in [-0.25, -0.2) is 4.98 Å². The SMILES string of the molecule is Cc1nc2ccccn2c1C(C#N)N1CCCCCC1. The fourth-order valence-corrected chi connectivity index (χ4v) is 3.13. The second-order valence-corrected chi connectivity index (χ2v) is 5.49. The average Bonchev–Trinajstić information content (AvgIpc) is 2.66. The zero-order valence-electron chi connectivity index (χ0n) is 11.9. The van der Waals surface area contributed by atoms with Gasteiger partial charge in [-0.05, 0) is 45.0 Å². The molecule has 3 heterocycles. The highest BCUT2D eigenvalue weighted by Gasteiger charge is 2.26. The summed E-state index contributed by atoms with van der Waals surface area (Å²) in [6.45, 7) is 4.03. The molecule has 0 aliphatic carbocycles. The van der Waals surface area contributed by atoms with Crippen molar-refractivity contribution in [1.29, 1.82) is 5.26 Å². The molecule has 104 valence electrons. The number of pyridine rings is 1. The van der Waals surface area contributed by atoms with Crippen molar-refractivity contribution in [3.05, 3.63) is 35.8 Å². The van der Waals surface area contributed by atoms with Crippen LogP contribution in [0.2, 0.25) is 0 Å². The molecule has 0 N–H and O–H groups in total. The third-order valence-corrected chi connectivity index (χ3v) is 4.14. The largest absolute Gasteiger partial charge is 0.301 e. The van der Waals surface area contributed by atoms with Crippen LogP contribution in [0.1, 0.15) is 43.1 Å². The van der Waals surface area contributed by atoms with Crippen LogP contribution in [-0.4, -0.2) is 27.4 Å². The van der Waals surface area contributed by atoms with Crippen molar-refractivity contribution in [2.24, 2.45) is 0 Å². The molecule has 0 amide bonds. The molecule has 0 aromatic carbocycles. The fraction of sp³-hybridized carbons (Fsp3) is 0.500. The van der Waals surface area contributed by atoms with Crippen molar-refractivity contribution < 1.29 is 0 Å². The molecule has 1 atom stereocenters. The first kappa shape index (κ1) is 13.1. The molecule has 1 fully saturated rings. The molecular formula is C16H20N4. The highest BCUT2D eigenvalue weighted by Crippen LogP contribution is 2.26. The summed E-state index contributed by atoms with van der Waals surface area (Å²) in [4.78, 5) is 6.90. The van der Waals surface area contributed by atoms with Gasteiger partial charge in [-0.1, -0.05) is 18.9 Å². The number of aryl methyl sites for hydroxylation is 1. The molecule has 1 aliphatic rings. The van der Waals surface area contributed by atoms with Gasteiger partial charge in [0.15, 0.2) is 0 Å². The first-order valence-electron chi connectivity index (χ1n) is 7.38. The normalized spacial score (nSPS) is 18.6. The van der Waals surface area contributed by atoms with Gasteiger partial charge in [0.25, 0.3) is 0 Å². The van der Waals surface area contributed by atoms with Gasteiger partial charge in [0, 0.05) is 6.20 Å². The molecule has 4 nitrogen and oxygen atoms in total. The summed E-state index contributed by atoms with van der Waals surface area (Å²) in [5.41, 5.74) is 2.92. The molecular weight excluding hydrogens is 248 g/mol. The molecule has 20 heavy (non-hydrogen) atoms. The van der Waals surface area contributed by atoms with Crippen LogP contribution in [0.3, 0.4) is 0 Å². The number of nitrogens with zero attached hydrogens (tertiary/aromatic N) is 4. The lowest BCUT2D eigenvalue weighted by atomic mass is 10.1. The third kappa shape index (κ3) is 2.30. The minimum absolute atomic E-state index is 0.189. The van der Waals surface area contributed by atoms with E-state index in [9.17, 15) is 5.26 Å². The maximum atomic E-state index is 9.69. The van der Waals surface area contributed by atoms with E-state index in [1.165, 1.54) is 25.7 Å². The van der Waals surface area contributed by atoms with Gasteiger partial charge in [0.2, 0.25) is 0 Å². The zero-order chi connectivity index (χ0) is 13.9. The molecule has 0 saturated carbocycles. The van der Waals surface area contributed by atoms with E-state index in [0.29, 0.717) is 0 Å². The van der Waals surface area contributed by atoms with Crippen molar-refractivity contribution >= 4 is 5.65 Å². The Hall–Kier alpha value is -1.86. The van der Waals surface area contributed by atoms with E-state index in [-0.39, 0.29) is 6.04 Å². The van der Waals surface area contributed by atoms with Crippen LogP contribution in [-0.2, 0) is 0 Å². The molecule has 1 unspecified atom stereocenters. The van der Waals surface area contributed by atoms with Gasteiger partial charge in [-0.15, -0.1) is 0 Å². The minimum Gasteiger partial charge on any atom is -0.301 e. The number of imidazole rings is 1. The molecule has 2 aromatic heterocycles. The van der Waals surface area contributed by atoms with Crippen LogP contribution in [0.5, 0.6) is 0 Å². The molecule has 0 bridgehead atoms. The lowest BCUT2D eigenvalue weighted by molar-refractivity contribution is 0.241. The maximum absolute atomic E-state index is 9.69. The first-order chi connectivity index (χ1) is 9.81. The van der Waals surface area contributed by atoms with E-state index in [2.05, 4.69) is 20.4 Å². The Morgan fingerprint density at radius 2 is 1.95 bits per heavy atom. The van der Waals surface area contributed by atoms with E-state index in [1.807, 2.05) is 31.3 Å². The predicted molar refractivity (Wildman–Crippen MR) is 78.3 cm³/mol. The van der Waals surface area contributed by atoms with E-state index >= 15 is 0 Å². The van der Waals surface area contributed by atoms with Crippen LogP contribution in [0.25, 0.3) is 5.65 Å². The topological polar surface area (TPSA) is 44.3 Å². The summed E-state index contributed by atoms with van der Waals surface area (Å²) in [5, 5.41) is 9.69. The second kappa shape index (κ2) is 5.64. The lowest BCUT2D eigenvalue weighted by Crippen LogP contribution is -2.30. The molecule has 2 aromatic rings. The summed E-state index contributed by atoms with van der Waals surface area (Å²) in [6, 6.07) is 8.28. The van der Waals surface area contributed by atoms with Crippen LogP contribution in [0.4, 0.5) is 0 Å². The number of rotatable bonds is 2. The number of likely N-dealkylation sites (tertiary alicyclic amines) is 1.